The van der Waals surface area contributed by atoms with Gasteiger partial charge in [-0.25, -0.2) is 4.79 Å². The maximum atomic E-state index is 11.7. The number of carboxylic acids is 1. The van der Waals surface area contributed by atoms with Crippen LogP contribution in [0.2, 0.25) is 0 Å². The molecule has 2 amide bonds. The molecule has 0 spiro atoms. The molecule has 6 heteroatoms. The summed E-state index contributed by atoms with van der Waals surface area (Å²) < 4.78 is 0. The van der Waals surface area contributed by atoms with E-state index in [9.17, 15) is 9.59 Å². The second kappa shape index (κ2) is 5.98. The molecule has 16 heavy (non-hydrogen) atoms. The number of carbonyl (C=O) groups excluding carboxylic acids is 1. The van der Waals surface area contributed by atoms with Gasteiger partial charge in [-0.3, -0.25) is 4.79 Å². The summed E-state index contributed by atoms with van der Waals surface area (Å²) in [7, 11) is 0. The van der Waals surface area contributed by atoms with E-state index in [1.807, 2.05) is 11.8 Å². The molecule has 0 bridgehead atoms. The van der Waals surface area contributed by atoms with Crippen LogP contribution >= 0.6 is 11.8 Å². The summed E-state index contributed by atoms with van der Waals surface area (Å²) in [4.78, 5) is 24.0. The molecule has 1 heterocycles. The zero-order chi connectivity index (χ0) is 12.1. The number of amides is 2. The first-order valence-electron chi connectivity index (χ1n) is 5.44. The van der Waals surface area contributed by atoms with E-state index in [1.165, 1.54) is 6.92 Å². The van der Waals surface area contributed by atoms with Crippen LogP contribution in [0.15, 0.2) is 0 Å². The highest BCUT2D eigenvalue weighted by Gasteiger charge is 2.24. The van der Waals surface area contributed by atoms with Gasteiger partial charge in [0.05, 0.1) is 0 Å². The second-order valence-corrected chi connectivity index (χ2v) is 5.26. The highest BCUT2D eigenvalue weighted by molar-refractivity contribution is 8.00. The number of hydrogen-bond donors (Lipinski definition) is 2. The molecule has 1 saturated heterocycles. The minimum absolute atomic E-state index is 0.270. The van der Waals surface area contributed by atoms with Gasteiger partial charge in [0.25, 0.3) is 0 Å². The average molecular weight is 246 g/mol. The SMILES string of the molecule is CCC1CN(C(=O)NC(C)C(=O)O)CCS1. The molecule has 1 aliphatic heterocycles. The second-order valence-electron chi connectivity index (χ2n) is 3.86. The van der Waals surface area contributed by atoms with E-state index in [4.69, 9.17) is 5.11 Å². The van der Waals surface area contributed by atoms with Crippen LogP contribution < -0.4 is 5.32 Å². The van der Waals surface area contributed by atoms with Crippen molar-refractivity contribution >= 4 is 23.8 Å². The van der Waals surface area contributed by atoms with E-state index in [0.29, 0.717) is 18.3 Å². The Morgan fingerprint density at radius 2 is 2.31 bits per heavy atom. The van der Waals surface area contributed by atoms with Crippen LogP contribution in [0.3, 0.4) is 0 Å². The number of urea groups is 1. The number of aliphatic carboxylic acids is 1. The summed E-state index contributed by atoms with van der Waals surface area (Å²) in [6.07, 6.45) is 1.03. The lowest BCUT2D eigenvalue weighted by molar-refractivity contribution is -0.138. The molecule has 1 aliphatic rings. The van der Waals surface area contributed by atoms with Crippen molar-refractivity contribution in [3.63, 3.8) is 0 Å². The van der Waals surface area contributed by atoms with Crippen LogP contribution in [0.5, 0.6) is 0 Å². The van der Waals surface area contributed by atoms with Crippen LogP contribution in [-0.2, 0) is 4.79 Å². The third-order valence-corrected chi connectivity index (χ3v) is 3.96. The minimum atomic E-state index is -1.01. The number of carboxylic acid groups (broad SMARTS) is 1. The fourth-order valence-corrected chi connectivity index (χ4v) is 2.67. The number of hydrogen-bond acceptors (Lipinski definition) is 3. The molecule has 0 aromatic rings. The van der Waals surface area contributed by atoms with Crippen molar-refractivity contribution in [3.8, 4) is 0 Å². The highest BCUT2D eigenvalue weighted by atomic mass is 32.2. The van der Waals surface area contributed by atoms with Crippen LogP contribution in [0.25, 0.3) is 0 Å². The molecule has 92 valence electrons. The van der Waals surface area contributed by atoms with Crippen molar-refractivity contribution < 1.29 is 14.7 Å². The van der Waals surface area contributed by atoms with Crippen LogP contribution in [0, 0.1) is 0 Å². The standard InChI is InChI=1S/C10H18N2O3S/c1-3-8-6-12(4-5-16-8)10(15)11-7(2)9(13)14/h7-8H,3-6H2,1-2H3,(H,11,15)(H,13,14). The largest absolute Gasteiger partial charge is 0.480 e. The van der Waals surface area contributed by atoms with Gasteiger partial charge < -0.3 is 15.3 Å². The number of carbonyl (C=O) groups is 2. The van der Waals surface area contributed by atoms with E-state index in [0.717, 1.165) is 12.2 Å². The summed E-state index contributed by atoms with van der Waals surface area (Å²) in [5.41, 5.74) is 0. The number of nitrogens with zero attached hydrogens (tertiary/aromatic N) is 1. The van der Waals surface area contributed by atoms with Gasteiger partial charge in [-0.2, -0.15) is 11.8 Å². The van der Waals surface area contributed by atoms with Gasteiger partial charge in [0.2, 0.25) is 0 Å². The van der Waals surface area contributed by atoms with E-state index in [-0.39, 0.29) is 6.03 Å². The summed E-state index contributed by atoms with van der Waals surface area (Å²) in [5, 5.41) is 11.6. The fourth-order valence-electron chi connectivity index (χ4n) is 1.49. The van der Waals surface area contributed by atoms with Gasteiger partial charge in [-0.05, 0) is 13.3 Å². The molecule has 5 nitrogen and oxygen atoms in total. The average Bonchev–Trinajstić information content (AvgIpc) is 2.28. The molecule has 2 unspecified atom stereocenters. The quantitative estimate of drug-likeness (QED) is 0.779. The van der Waals surface area contributed by atoms with Crippen molar-refractivity contribution in [1.29, 1.82) is 0 Å². The predicted octanol–water partition coefficient (Wildman–Crippen LogP) is 0.996. The number of rotatable bonds is 3. The fraction of sp³-hybridized carbons (Fsp3) is 0.800. The van der Waals surface area contributed by atoms with Crippen molar-refractivity contribution in [2.24, 2.45) is 0 Å². The normalized spacial score (nSPS) is 22.6. The monoisotopic (exact) mass is 246 g/mol. The molecular weight excluding hydrogens is 228 g/mol. The Labute approximate surface area is 99.6 Å². The maximum Gasteiger partial charge on any atom is 0.325 e. The van der Waals surface area contributed by atoms with E-state index < -0.39 is 12.0 Å². The predicted molar refractivity (Wildman–Crippen MR) is 63.7 cm³/mol. The van der Waals surface area contributed by atoms with Crippen molar-refractivity contribution in [2.45, 2.75) is 31.6 Å². The van der Waals surface area contributed by atoms with E-state index in [2.05, 4.69) is 12.2 Å². The first kappa shape index (κ1) is 13.2. The zero-order valence-electron chi connectivity index (χ0n) is 9.60. The van der Waals surface area contributed by atoms with Gasteiger partial charge in [0.1, 0.15) is 6.04 Å². The Bertz CT molecular complexity index is 273. The Morgan fingerprint density at radius 1 is 1.62 bits per heavy atom. The molecule has 1 fully saturated rings. The lowest BCUT2D eigenvalue weighted by Crippen LogP contribution is -2.50. The molecular formula is C10H18N2O3S. The topological polar surface area (TPSA) is 69.6 Å². The van der Waals surface area contributed by atoms with Gasteiger partial charge in [-0.1, -0.05) is 6.92 Å². The molecule has 0 aliphatic carbocycles. The van der Waals surface area contributed by atoms with Gasteiger partial charge in [0.15, 0.2) is 0 Å². The summed E-state index contributed by atoms with van der Waals surface area (Å²) >= 11 is 1.87. The van der Waals surface area contributed by atoms with Crippen LogP contribution in [-0.4, -0.2) is 52.1 Å². The van der Waals surface area contributed by atoms with E-state index in [1.54, 1.807) is 4.90 Å². The summed E-state index contributed by atoms with van der Waals surface area (Å²) in [5.74, 6) is -0.0836. The lowest BCUT2D eigenvalue weighted by atomic mass is 10.3. The first-order chi connectivity index (χ1) is 7.54. The Kier molecular flexibility index (Phi) is 4.92. The molecule has 0 aromatic carbocycles. The van der Waals surface area contributed by atoms with Gasteiger partial charge >= 0.3 is 12.0 Å². The van der Waals surface area contributed by atoms with Crippen molar-refractivity contribution in [2.75, 3.05) is 18.8 Å². The minimum Gasteiger partial charge on any atom is -0.480 e. The number of thioether (sulfide) groups is 1. The lowest BCUT2D eigenvalue weighted by Gasteiger charge is -2.32. The van der Waals surface area contributed by atoms with Crippen LogP contribution in [0.4, 0.5) is 4.79 Å². The molecule has 2 atom stereocenters. The summed E-state index contributed by atoms with van der Waals surface area (Å²) in [6.45, 7) is 4.97. The highest BCUT2D eigenvalue weighted by Crippen LogP contribution is 2.20. The summed E-state index contributed by atoms with van der Waals surface area (Å²) in [6, 6.07) is -1.10. The Hall–Kier alpha value is -0.910. The van der Waals surface area contributed by atoms with Gasteiger partial charge in [-0.15, -0.1) is 0 Å². The molecule has 0 radical (unpaired) electrons. The molecule has 0 aromatic heterocycles. The smallest absolute Gasteiger partial charge is 0.325 e. The molecule has 1 rings (SSSR count). The van der Waals surface area contributed by atoms with Gasteiger partial charge in [0, 0.05) is 24.1 Å². The molecule has 0 saturated carbocycles. The zero-order valence-corrected chi connectivity index (χ0v) is 10.4. The first-order valence-corrected chi connectivity index (χ1v) is 6.49. The van der Waals surface area contributed by atoms with Crippen LogP contribution in [0.1, 0.15) is 20.3 Å². The third-order valence-electron chi connectivity index (χ3n) is 2.59. The number of nitrogens with one attached hydrogen (secondary N) is 1. The van der Waals surface area contributed by atoms with Crippen molar-refractivity contribution in [1.82, 2.24) is 10.2 Å². The maximum absolute atomic E-state index is 11.7. The van der Waals surface area contributed by atoms with E-state index >= 15 is 0 Å². The Morgan fingerprint density at radius 3 is 2.88 bits per heavy atom. The third kappa shape index (κ3) is 3.59. The van der Waals surface area contributed by atoms with Crippen molar-refractivity contribution in [3.05, 3.63) is 0 Å². The molecule has 2 N–H and O–H groups in total. The Balaban J connectivity index is 2.44.